The van der Waals surface area contributed by atoms with E-state index in [1.165, 1.54) is 0 Å². The minimum absolute atomic E-state index is 0.0595. The lowest BCUT2D eigenvalue weighted by atomic mass is 10.3. The second-order valence-electron chi connectivity index (χ2n) is 3.55. The van der Waals surface area contributed by atoms with E-state index in [4.69, 9.17) is 9.47 Å². The Morgan fingerprint density at radius 3 is 2.69 bits per heavy atom. The lowest BCUT2D eigenvalue weighted by Crippen LogP contribution is -2.28. The largest absolute Gasteiger partial charge is 0.389 e. The van der Waals surface area contributed by atoms with Gasteiger partial charge in [0, 0.05) is 13.1 Å². The minimum atomic E-state index is -0.362. The summed E-state index contributed by atoms with van der Waals surface area (Å²) in [6, 6.07) is 0. The fraction of sp³-hybridized carbons (Fsp3) is 1.00. The average molecular weight is 189 g/mol. The summed E-state index contributed by atoms with van der Waals surface area (Å²) in [5.41, 5.74) is 0. The van der Waals surface area contributed by atoms with Gasteiger partial charge < -0.3 is 19.9 Å². The fourth-order valence-electron chi connectivity index (χ4n) is 1.29. The molecule has 1 heterocycles. The van der Waals surface area contributed by atoms with Gasteiger partial charge in [0.25, 0.3) is 0 Å². The van der Waals surface area contributed by atoms with Crippen LogP contribution in [0.5, 0.6) is 0 Å². The first kappa shape index (κ1) is 10.9. The van der Waals surface area contributed by atoms with Gasteiger partial charge in [-0.1, -0.05) is 0 Å². The Balaban J connectivity index is 1.99. The van der Waals surface area contributed by atoms with E-state index >= 15 is 0 Å². The molecule has 2 unspecified atom stereocenters. The molecule has 1 saturated heterocycles. The van der Waals surface area contributed by atoms with Gasteiger partial charge in [-0.25, -0.2) is 0 Å². The summed E-state index contributed by atoms with van der Waals surface area (Å²) in [6.07, 6.45) is -0.176. The molecule has 1 aliphatic rings. The first-order chi connectivity index (χ1) is 6.20. The zero-order valence-electron chi connectivity index (χ0n) is 8.32. The molecule has 0 aromatic carbocycles. The summed E-state index contributed by atoms with van der Waals surface area (Å²) in [4.78, 5) is 0. The van der Waals surface area contributed by atoms with Crippen molar-refractivity contribution in [3.8, 4) is 0 Å². The molecule has 0 bridgehead atoms. The van der Waals surface area contributed by atoms with Crippen molar-refractivity contribution in [1.29, 1.82) is 0 Å². The molecule has 4 heteroatoms. The van der Waals surface area contributed by atoms with Crippen molar-refractivity contribution in [2.75, 3.05) is 26.3 Å². The van der Waals surface area contributed by atoms with Crippen LogP contribution in [0.15, 0.2) is 0 Å². The van der Waals surface area contributed by atoms with E-state index in [2.05, 4.69) is 5.32 Å². The Hall–Kier alpha value is -0.160. The summed E-state index contributed by atoms with van der Waals surface area (Å²) in [5, 5.41) is 12.4. The van der Waals surface area contributed by atoms with Gasteiger partial charge in [0.05, 0.1) is 31.5 Å². The van der Waals surface area contributed by atoms with E-state index in [-0.39, 0.29) is 18.3 Å². The SMILES string of the molecule is CC(C)OCCOC1CNCC1O. The van der Waals surface area contributed by atoms with Gasteiger partial charge in [-0.05, 0) is 13.8 Å². The van der Waals surface area contributed by atoms with Crippen molar-refractivity contribution < 1.29 is 14.6 Å². The lowest BCUT2D eigenvalue weighted by molar-refractivity contribution is -0.0419. The Kier molecular flexibility index (Phi) is 4.66. The molecule has 0 spiro atoms. The average Bonchev–Trinajstić information content (AvgIpc) is 2.45. The van der Waals surface area contributed by atoms with Crippen molar-refractivity contribution in [3.05, 3.63) is 0 Å². The van der Waals surface area contributed by atoms with Crippen LogP contribution in [0.1, 0.15) is 13.8 Å². The van der Waals surface area contributed by atoms with Crippen LogP contribution in [0.2, 0.25) is 0 Å². The van der Waals surface area contributed by atoms with Crippen LogP contribution in [0.4, 0.5) is 0 Å². The van der Waals surface area contributed by atoms with Crippen molar-refractivity contribution in [2.45, 2.75) is 32.2 Å². The molecule has 0 amide bonds. The highest BCUT2D eigenvalue weighted by molar-refractivity contribution is 4.80. The second-order valence-corrected chi connectivity index (χ2v) is 3.55. The van der Waals surface area contributed by atoms with Gasteiger partial charge in [-0.3, -0.25) is 0 Å². The molecule has 4 nitrogen and oxygen atoms in total. The van der Waals surface area contributed by atoms with Gasteiger partial charge in [0.15, 0.2) is 0 Å². The predicted molar refractivity (Wildman–Crippen MR) is 49.7 cm³/mol. The normalized spacial score (nSPS) is 28.6. The standard InChI is InChI=1S/C9H19NO3/c1-7(2)12-3-4-13-9-6-10-5-8(9)11/h7-11H,3-6H2,1-2H3. The van der Waals surface area contributed by atoms with E-state index in [0.717, 1.165) is 6.54 Å². The molecule has 1 aliphatic heterocycles. The molecule has 78 valence electrons. The van der Waals surface area contributed by atoms with Crippen molar-refractivity contribution in [3.63, 3.8) is 0 Å². The lowest BCUT2D eigenvalue weighted by Gasteiger charge is -2.15. The van der Waals surface area contributed by atoms with Crippen LogP contribution in [0.25, 0.3) is 0 Å². The first-order valence-electron chi connectivity index (χ1n) is 4.82. The highest BCUT2D eigenvalue weighted by Crippen LogP contribution is 2.04. The summed E-state index contributed by atoms with van der Waals surface area (Å²) < 4.78 is 10.7. The highest BCUT2D eigenvalue weighted by Gasteiger charge is 2.24. The van der Waals surface area contributed by atoms with Crippen LogP contribution in [0, 0.1) is 0 Å². The summed E-state index contributed by atoms with van der Waals surface area (Å²) in [7, 11) is 0. The Bertz CT molecular complexity index is 141. The Labute approximate surface area is 79.2 Å². The molecule has 2 atom stereocenters. The highest BCUT2D eigenvalue weighted by atomic mass is 16.5. The number of rotatable bonds is 5. The molecular weight excluding hydrogens is 170 g/mol. The summed E-state index contributed by atoms with van der Waals surface area (Å²) in [6.45, 7) is 6.51. The van der Waals surface area contributed by atoms with Gasteiger partial charge in [0.1, 0.15) is 0 Å². The van der Waals surface area contributed by atoms with E-state index in [9.17, 15) is 5.11 Å². The third-order valence-corrected chi connectivity index (χ3v) is 1.99. The van der Waals surface area contributed by atoms with Gasteiger partial charge in [-0.15, -0.1) is 0 Å². The number of hydrogen-bond donors (Lipinski definition) is 2. The first-order valence-corrected chi connectivity index (χ1v) is 4.82. The maximum atomic E-state index is 9.37. The summed E-state index contributed by atoms with van der Waals surface area (Å²) in [5.74, 6) is 0. The van der Waals surface area contributed by atoms with Crippen LogP contribution >= 0.6 is 0 Å². The molecule has 0 radical (unpaired) electrons. The number of aliphatic hydroxyl groups excluding tert-OH is 1. The zero-order chi connectivity index (χ0) is 9.68. The third-order valence-electron chi connectivity index (χ3n) is 1.99. The molecule has 0 aromatic heterocycles. The molecular formula is C9H19NO3. The molecule has 2 N–H and O–H groups in total. The number of ether oxygens (including phenoxy) is 2. The molecule has 1 fully saturated rings. The second kappa shape index (κ2) is 5.54. The third kappa shape index (κ3) is 4.04. The van der Waals surface area contributed by atoms with E-state index in [0.29, 0.717) is 19.8 Å². The molecule has 0 saturated carbocycles. The fourth-order valence-corrected chi connectivity index (χ4v) is 1.29. The molecule has 0 aliphatic carbocycles. The van der Waals surface area contributed by atoms with E-state index in [1.54, 1.807) is 0 Å². The van der Waals surface area contributed by atoms with Crippen LogP contribution in [0.3, 0.4) is 0 Å². The number of hydrogen-bond acceptors (Lipinski definition) is 4. The smallest absolute Gasteiger partial charge is 0.0971 e. The Morgan fingerprint density at radius 1 is 1.38 bits per heavy atom. The van der Waals surface area contributed by atoms with E-state index < -0.39 is 0 Å². The van der Waals surface area contributed by atoms with Crippen LogP contribution in [-0.2, 0) is 9.47 Å². The quantitative estimate of drug-likeness (QED) is 0.586. The van der Waals surface area contributed by atoms with Gasteiger partial charge in [0.2, 0.25) is 0 Å². The Morgan fingerprint density at radius 2 is 2.15 bits per heavy atom. The number of nitrogens with one attached hydrogen (secondary N) is 1. The van der Waals surface area contributed by atoms with E-state index in [1.807, 2.05) is 13.8 Å². The minimum Gasteiger partial charge on any atom is -0.389 e. The zero-order valence-corrected chi connectivity index (χ0v) is 8.32. The maximum absolute atomic E-state index is 9.37. The molecule has 0 aromatic rings. The van der Waals surface area contributed by atoms with Crippen molar-refractivity contribution in [1.82, 2.24) is 5.32 Å². The molecule has 13 heavy (non-hydrogen) atoms. The summed E-state index contributed by atoms with van der Waals surface area (Å²) >= 11 is 0. The van der Waals surface area contributed by atoms with Crippen LogP contribution in [-0.4, -0.2) is 49.7 Å². The van der Waals surface area contributed by atoms with Crippen LogP contribution < -0.4 is 5.32 Å². The topological polar surface area (TPSA) is 50.7 Å². The molecule has 1 rings (SSSR count). The van der Waals surface area contributed by atoms with Crippen molar-refractivity contribution >= 4 is 0 Å². The number of β-amino-alcohol motifs (C(OH)–C–C–N with tert-alkyl or cyclic N) is 1. The number of aliphatic hydroxyl groups is 1. The predicted octanol–water partition coefficient (Wildman–Crippen LogP) is -0.239. The van der Waals surface area contributed by atoms with Gasteiger partial charge in [-0.2, -0.15) is 0 Å². The monoisotopic (exact) mass is 189 g/mol. The van der Waals surface area contributed by atoms with Gasteiger partial charge >= 0.3 is 0 Å². The maximum Gasteiger partial charge on any atom is 0.0971 e. The van der Waals surface area contributed by atoms with Crippen molar-refractivity contribution in [2.24, 2.45) is 0 Å².